The highest BCUT2D eigenvalue weighted by Crippen LogP contribution is 2.65. The van der Waals surface area contributed by atoms with Crippen LogP contribution in [-0.2, 0) is 42.8 Å². The number of aromatic nitrogens is 2. The van der Waals surface area contributed by atoms with Gasteiger partial charge in [-0.05, 0) is 6.07 Å². The summed E-state index contributed by atoms with van der Waals surface area (Å²) in [7, 11) is -17.1. The van der Waals surface area contributed by atoms with Crippen LogP contribution in [0, 0.1) is 0 Å². The molecule has 21 heteroatoms. The third-order valence-corrected chi connectivity index (χ3v) is 8.24. The van der Waals surface area contributed by atoms with E-state index in [-0.39, 0.29) is 5.82 Å². The lowest BCUT2D eigenvalue weighted by Gasteiger charge is -2.24. The van der Waals surface area contributed by atoms with Gasteiger partial charge in [0.1, 0.15) is 12.4 Å². The van der Waals surface area contributed by atoms with Crippen LogP contribution < -0.4 is 16.3 Å². The van der Waals surface area contributed by atoms with Gasteiger partial charge in [0.15, 0.2) is 0 Å². The first-order valence-electron chi connectivity index (χ1n) is 6.96. The standard InChI is InChI=1S/C8H14N3O14P3S/c9-4-1-2-11(8(13)10-4)6-7(12)29(21)5(23-6)3-22-27(17,18)25-28(19,20)24-26(14,15)16/h1-2,5-7,12,21H,3H2,(H5-,9,10,13,14,15,16,17,18,19,20)/t5-,6+,7+,29?/m0/s1. The van der Waals surface area contributed by atoms with Crippen LogP contribution >= 0.6 is 23.5 Å². The number of phosphoric ester groups is 1. The number of anilines is 1. The molecule has 0 radical (unpaired) electrons. The van der Waals surface area contributed by atoms with Crippen molar-refractivity contribution in [2.24, 2.45) is 0 Å². The van der Waals surface area contributed by atoms with Gasteiger partial charge in [-0.25, -0.2) is 18.2 Å². The number of rotatable bonds is 8. The summed E-state index contributed by atoms with van der Waals surface area (Å²) in [6, 6.07) is 1.19. The summed E-state index contributed by atoms with van der Waals surface area (Å²) in [5.41, 5.74) is 1.12. The smallest absolute Gasteiger partial charge is 0.487 e. The van der Waals surface area contributed by atoms with Gasteiger partial charge in [0.2, 0.25) is 17.4 Å². The number of nitrogen functional groups attached to an aromatic ring is 1. The van der Waals surface area contributed by atoms with Crippen molar-refractivity contribution >= 4 is 40.5 Å². The molecule has 1 aromatic rings. The van der Waals surface area contributed by atoms with Crippen molar-refractivity contribution in [1.82, 2.24) is 9.55 Å². The summed E-state index contributed by atoms with van der Waals surface area (Å²) < 4.78 is 60.3. The molecule has 1 fully saturated rings. The summed E-state index contributed by atoms with van der Waals surface area (Å²) in [5.74, 6) is -0.128. The lowest BCUT2D eigenvalue weighted by Crippen LogP contribution is -2.33. The topological polar surface area (TPSA) is 273 Å². The highest BCUT2D eigenvalue weighted by atomic mass is 32.2. The molecule has 6 atom stereocenters. The maximum Gasteiger partial charge on any atom is 0.487 e. The number of hydrogen-bond acceptors (Lipinski definition) is 13. The average Bonchev–Trinajstić information content (AvgIpc) is 2.78. The molecule has 0 aliphatic carbocycles. The fraction of sp³-hybridized carbons (Fsp3) is 0.500. The first kappa shape index (κ1) is 24.6. The van der Waals surface area contributed by atoms with Crippen molar-refractivity contribution in [2.75, 3.05) is 12.3 Å². The number of phosphoric acid groups is 3. The fourth-order valence-electron chi connectivity index (χ4n) is 1.94. The minimum atomic E-state index is -5.78. The van der Waals surface area contributed by atoms with Crippen molar-refractivity contribution in [2.45, 2.75) is 17.1 Å². The van der Waals surface area contributed by atoms with E-state index in [1.807, 2.05) is 0 Å². The molecule has 1 aromatic heterocycles. The van der Waals surface area contributed by atoms with Gasteiger partial charge in [-0.3, -0.25) is 13.9 Å². The van der Waals surface area contributed by atoms with Gasteiger partial charge in [0.25, 0.3) is 18.7 Å². The number of aliphatic hydroxyl groups excluding tert-OH is 1. The molecular formula is C8H14N3O14P3S. The maximum absolute atomic E-state index is 11.8. The highest BCUT2D eigenvalue weighted by molar-refractivity contribution is 7.92. The first-order valence-corrected chi connectivity index (χ1v) is 12.8. The second-order valence-corrected chi connectivity index (χ2v) is 11.2. The van der Waals surface area contributed by atoms with E-state index in [1.54, 1.807) is 0 Å². The Hall–Kier alpha value is -0.680. The zero-order valence-electron chi connectivity index (χ0n) is 13.7. The van der Waals surface area contributed by atoms with Crippen LogP contribution in [0.15, 0.2) is 17.1 Å². The predicted molar refractivity (Wildman–Crippen MR) is 90.4 cm³/mol. The van der Waals surface area contributed by atoms with Crippen molar-refractivity contribution < 1.29 is 60.8 Å². The SMILES string of the molecule is Nc1ccn([C@@H]2O[C@H](COP(=O)([O-])OP(=O)(O)OP(=O)(O)O)[S+](O)[C@H]2O)c(=O)n1. The minimum Gasteiger partial charge on any atom is -0.756 e. The Balaban J connectivity index is 2.05. The molecule has 3 unspecified atom stereocenters. The Bertz CT molecular complexity index is 950. The third kappa shape index (κ3) is 6.92. The van der Waals surface area contributed by atoms with Crippen molar-refractivity contribution in [1.29, 1.82) is 0 Å². The molecule has 166 valence electrons. The summed E-state index contributed by atoms with van der Waals surface area (Å²) in [5, 5.41) is 10.0. The maximum atomic E-state index is 11.8. The predicted octanol–water partition coefficient (Wildman–Crippen LogP) is -2.20. The number of nitrogens with two attached hydrogens (primary N) is 1. The van der Waals surface area contributed by atoms with Gasteiger partial charge < -0.3 is 34.9 Å². The molecular weight excluding hydrogens is 487 g/mol. The van der Waals surface area contributed by atoms with E-state index in [0.717, 1.165) is 10.8 Å². The molecule has 0 bridgehead atoms. The third-order valence-electron chi connectivity index (χ3n) is 2.96. The number of ether oxygens (including phenoxy) is 1. The lowest BCUT2D eigenvalue weighted by molar-refractivity contribution is -0.219. The normalized spacial score (nSPS) is 29.3. The highest BCUT2D eigenvalue weighted by Gasteiger charge is 2.55. The number of nitrogens with zero attached hydrogens (tertiary/aromatic N) is 2. The van der Waals surface area contributed by atoms with Gasteiger partial charge in [0.05, 0.1) is 0 Å². The van der Waals surface area contributed by atoms with Crippen molar-refractivity contribution in [3.8, 4) is 0 Å². The quantitative estimate of drug-likeness (QED) is 0.163. The summed E-state index contributed by atoms with van der Waals surface area (Å²) in [4.78, 5) is 52.6. The number of hydrogen-bond donors (Lipinski definition) is 6. The van der Waals surface area contributed by atoms with Crippen molar-refractivity contribution in [3.63, 3.8) is 0 Å². The van der Waals surface area contributed by atoms with Crippen molar-refractivity contribution in [3.05, 3.63) is 22.7 Å². The van der Waals surface area contributed by atoms with Gasteiger partial charge in [-0.15, -0.1) is 0 Å². The van der Waals surface area contributed by atoms with Crippen LogP contribution in [0.25, 0.3) is 0 Å². The van der Waals surface area contributed by atoms with Gasteiger partial charge in [0, 0.05) is 6.20 Å². The van der Waals surface area contributed by atoms with Crippen LogP contribution in [0.1, 0.15) is 6.23 Å². The summed E-state index contributed by atoms with van der Waals surface area (Å²) >= 11 is -2.09. The number of aliphatic hydroxyl groups is 1. The Kier molecular flexibility index (Phi) is 7.48. The first-order chi connectivity index (χ1) is 13.1. The van der Waals surface area contributed by atoms with E-state index in [0.29, 0.717) is 0 Å². The second-order valence-electron chi connectivity index (χ2n) is 5.10. The Morgan fingerprint density at radius 2 is 1.93 bits per heavy atom. The molecule has 1 saturated heterocycles. The van der Waals surface area contributed by atoms with Gasteiger partial charge in [-0.1, -0.05) is 0 Å². The largest absolute Gasteiger partial charge is 0.756 e. The van der Waals surface area contributed by atoms with Crippen LogP contribution in [0.4, 0.5) is 5.82 Å². The van der Waals surface area contributed by atoms with E-state index in [9.17, 15) is 33.0 Å². The molecule has 0 saturated carbocycles. The summed E-state index contributed by atoms with van der Waals surface area (Å²) in [6.45, 7) is -1.07. The van der Waals surface area contributed by atoms with Gasteiger partial charge >= 0.3 is 21.3 Å². The Morgan fingerprint density at radius 1 is 1.31 bits per heavy atom. The molecule has 0 amide bonds. The summed E-state index contributed by atoms with van der Waals surface area (Å²) in [6.07, 6.45) is -0.395. The molecule has 0 aromatic carbocycles. The minimum absolute atomic E-state index is 0.128. The van der Waals surface area contributed by atoms with E-state index >= 15 is 0 Å². The lowest BCUT2D eigenvalue weighted by atomic mass is 10.5. The van der Waals surface area contributed by atoms with Crippen LogP contribution in [-0.4, -0.2) is 51.4 Å². The zero-order chi connectivity index (χ0) is 22.2. The Labute approximate surface area is 163 Å². The fourth-order valence-corrected chi connectivity index (χ4v) is 6.20. The van der Waals surface area contributed by atoms with Crippen LogP contribution in [0.3, 0.4) is 0 Å². The molecule has 17 nitrogen and oxygen atoms in total. The van der Waals surface area contributed by atoms with E-state index in [4.69, 9.17) is 25.2 Å². The van der Waals surface area contributed by atoms with E-state index in [2.05, 4.69) is 18.1 Å². The molecule has 29 heavy (non-hydrogen) atoms. The monoisotopic (exact) mass is 501 g/mol. The van der Waals surface area contributed by atoms with Crippen LogP contribution in [0.5, 0.6) is 0 Å². The molecule has 2 rings (SSSR count). The molecule has 1 aliphatic rings. The average molecular weight is 501 g/mol. The molecule has 2 heterocycles. The van der Waals surface area contributed by atoms with E-state index < -0.39 is 64.0 Å². The van der Waals surface area contributed by atoms with E-state index in [1.165, 1.54) is 6.07 Å². The molecule has 0 spiro atoms. The second kappa shape index (κ2) is 8.82. The van der Waals surface area contributed by atoms with Crippen LogP contribution in [0.2, 0.25) is 0 Å². The molecule has 1 aliphatic heterocycles. The molecule has 7 N–H and O–H groups in total. The Morgan fingerprint density at radius 3 is 2.48 bits per heavy atom. The van der Waals surface area contributed by atoms with Gasteiger partial charge in [-0.2, -0.15) is 13.8 Å². The zero-order valence-corrected chi connectivity index (χ0v) is 17.2.